The fourth-order valence-electron chi connectivity index (χ4n) is 1.76. The third kappa shape index (κ3) is 1.99. The molecule has 6 nitrogen and oxygen atoms in total. The first-order chi connectivity index (χ1) is 9.13. The van der Waals surface area contributed by atoms with Gasteiger partial charge in [0.1, 0.15) is 0 Å². The minimum absolute atomic E-state index is 0.168. The van der Waals surface area contributed by atoms with Crippen LogP contribution in [0.5, 0.6) is 0 Å². The molecule has 0 fully saturated rings. The van der Waals surface area contributed by atoms with Gasteiger partial charge in [-0.1, -0.05) is 0 Å². The molecule has 0 saturated heterocycles. The summed E-state index contributed by atoms with van der Waals surface area (Å²) >= 11 is 0. The molecule has 0 aliphatic heterocycles. The van der Waals surface area contributed by atoms with E-state index in [0.717, 1.165) is 5.56 Å². The Hall–Kier alpha value is -2.89. The van der Waals surface area contributed by atoms with Crippen molar-refractivity contribution in [3.8, 4) is 11.4 Å². The lowest BCUT2D eigenvalue weighted by Gasteiger charge is -1.95. The molecule has 3 N–H and O–H groups in total. The molecule has 0 radical (unpaired) electrons. The molecule has 0 saturated carbocycles. The van der Waals surface area contributed by atoms with Gasteiger partial charge in [-0.15, -0.1) is 5.10 Å². The van der Waals surface area contributed by atoms with Gasteiger partial charge < -0.3 is 10.8 Å². The largest absolute Gasteiger partial charge is 0.478 e. The average molecular weight is 254 g/mol. The lowest BCUT2D eigenvalue weighted by atomic mass is 10.2. The van der Waals surface area contributed by atoms with Crippen molar-refractivity contribution in [1.29, 1.82) is 0 Å². The van der Waals surface area contributed by atoms with Crippen LogP contribution in [-0.2, 0) is 0 Å². The van der Waals surface area contributed by atoms with Crippen LogP contribution in [0.4, 0.5) is 5.69 Å². The number of hydrogen-bond acceptors (Lipinski definition) is 4. The molecular weight excluding hydrogens is 244 g/mol. The lowest BCUT2D eigenvalue weighted by Crippen LogP contribution is -1.99. The quantitative estimate of drug-likeness (QED) is 0.678. The van der Waals surface area contributed by atoms with Crippen molar-refractivity contribution in [3.63, 3.8) is 0 Å². The topological polar surface area (TPSA) is 93.5 Å². The van der Waals surface area contributed by atoms with Gasteiger partial charge in [-0.05, 0) is 36.4 Å². The van der Waals surface area contributed by atoms with Crippen LogP contribution in [-0.4, -0.2) is 25.7 Å². The minimum atomic E-state index is -0.994. The number of nitrogen functional groups attached to an aromatic ring is 1. The lowest BCUT2D eigenvalue weighted by molar-refractivity contribution is 0.0696. The molecular formula is C13H10N4O2. The maximum atomic E-state index is 10.9. The molecule has 0 amide bonds. The standard InChI is InChI=1S/C13H10N4O2/c14-10-4-1-8(2-5-10)12-15-11-6-3-9(13(18)19)7-17(11)16-12/h1-7H,14H2,(H,18,19). The Kier molecular flexibility index (Phi) is 2.42. The molecule has 6 heteroatoms. The summed E-state index contributed by atoms with van der Waals surface area (Å²) in [5, 5.41) is 13.2. The monoisotopic (exact) mass is 254 g/mol. The van der Waals surface area contributed by atoms with Crippen LogP contribution >= 0.6 is 0 Å². The number of nitrogens with zero attached hydrogens (tertiary/aromatic N) is 3. The second kappa shape index (κ2) is 4.09. The van der Waals surface area contributed by atoms with E-state index in [9.17, 15) is 4.79 Å². The van der Waals surface area contributed by atoms with E-state index in [4.69, 9.17) is 10.8 Å². The maximum Gasteiger partial charge on any atom is 0.337 e. The molecule has 19 heavy (non-hydrogen) atoms. The molecule has 0 unspecified atom stereocenters. The van der Waals surface area contributed by atoms with Crippen LogP contribution in [0.15, 0.2) is 42.6 Å². The highest BCUT2D eigenvalue weighted by atomic mass is 16.4. The van der Waals surface area contributed by atoms with E-state index in [2.05, 4.69) is 10.1 Å². The number of benzene rings is 1. The third-order valence-electron chi connectivity index (χ3n) is 2.75. The normalized spacial score (nSPS) is 10.7. The van der Waals surface area contributed by atoms with E-state index in [0.29, 0.717) is 17.2 Å². The highest BCUT2D eigenvalue weighted by molar-refractivity contribution is 5.87. The van der Waals surface area contributed by atoms with Crippen molar-refractivity contribution in [2.24, 2.45) is 0 Å². The van der Waals surface area contributed by atoms with Gasteiger partial charge in [-0.3, -0.25) is 0 Å². The third-order valence-corrected chi connectivity index (χ3v) is 2.75. The van der Waals surface area contributed by atoms with E-state index in [1.54, 1.807) is 18.2 Å². The average Bonchev–Trinajstić information content (AvgIpc) is 2.82. The molecule has 0 spiro atoms. The minimum Gasteiger partial charge on any atom is -0.478 e. The molecule has 0 atom stereocenters. The van der Waals surface area contributed by atoms with Crippen molar-refractivity contribution in [2.45, 2.75) is 0 Å². The number of carbonyl (C=O) groups is 1. The zero-order valence-corrected chi connectivity index (χ0v) is 9.82. The molecule has 0 bridgehead atoms. The number of anilines is 1. The van der Waals surface area contributed by atoms with Crippen molar-refractivity contribution in [3.05, 3.63) is 48.2 Å². The highest BCUT2D eigenvalue weighted by Gasteiger charge is 2.09. The SMILES string of the molecule is Nc1ccc(-c2nc3ccc(C(=O)O)cn3n2)cc1. The van der Waals surface area contributed by atoms with Crippen molar-refractivity contribution >= 4 is 17.3 Å². The summed E-state index contributed by atoms with van der Waals surface area (Å²) in [6, 6.07) is 10.3. The van der Waals surface area contributed by atoms with Crippen LogP contribution in [0.3, 0.4) is 0 Å². The summed E-state index contributed by atoms with van der Waals surface area (Å²) in [5.74, 6) is -0.464. The van der Waals surface area contributed by atoms with E-state index in [1.165, 1.54) is 16.8 Å². The Balaban J connectivity index is 2.11. The van der Waals surface area contributed by atoms with Crippen molar-refractivity contribution in [1.82, 2.24) is 14.6 Å². The first-order valence-electron chi connectivity index (χ1n) is 5.59. The summed E-state index contributed by atoms with van der Waals surface area (Å²) in [7, 11) is 0. The smallest absolute Gasteiger partial charge is 0.337 e. The van der Waals surface area contributed by atoms with Crippen LogP contribution in [0.25, 0.3) is 17.0 Å². The molecule has 1 aromatic carbocycles. The van der Waals surface area contributed by atoms with Gasteiger partial charge in [-0.2, -0.15) is 0 Å². The summed E-state index contributed by atoms with van der Waals surface area (Å²) in [4.78, 5) is 15.2. The van der Waals surface area contributed by atoms with Gasteiger partial charge in [0.25, 0.3) is 0 Å². The van der Waals surface area contributed by atoms with Crippen LogP contribution in [0, 0.1) is 0 Å². The zero-order chi connectivity index (χ0) is 13.4. The van der Waals surface area contributed by atoms with Gasteiger partial charge in [0.05, 0.1) is 5.56 Å². The molecule has 3 aromatic rings. The Morgan fingerprint density at radius 3 is 2.58 bits per heavy atom. The Bertz CT molecular complexity index is 762. The molecule has 94 valence electrons. The number of aromatic carboxylic acids is 1. The number of hydrogen-bond donors (Lipinski definition) is 2. The molecule has 0 aliphatic rings. The highest BCUT2D eigenvalue weighted by Crippen LogP contribution is 2.18. The second-order valence-electron chi connectivity index (χ2n) is 4.08. The number of rotatable bonds is 2. The summed E-state index contributed by atoms with van der Waals surface area (Å²) in [6.07, 6.45) is 1.44. The number of carboxylic acids is 1. The van der Waals surface area contributed by atoms with Gasteiger partial charge >= 0.3 is 5.97 Å². The van der Waals surface area contributed by atoms with E-state index >= 15 is 0 Å². The fourth-order valence-corrected chi connectivity index (χ4v) is 1.76. The van der Waals surface area contributed by atoms with Crippen molar-refractivity contribution in [2.75, 3.05) is 5.73 Å². The number of aromatic nitrogens is 3. The summed E-state index contributed by atoms with van der Waals surface area (Å²) in [5.41, 5.74) is 7.88. The molecule has 3 rings (SSSR count). The zero-order valence-electron chi connectivity index (χ0n) is 9.82. The number of nitrogens with two attached hydrogens (primary N) is 1. The predicted octanol–water partition coefficient (Wildman–Crippen LogP) is 1.68. The molecule has 0 aliphatic carbocycles. The second-order valence-corrected chi connectivity index (χ2v) is 4.08. The van der Waals surface area contributed by atoms with Crippen LogP contribution in [0.2, 0.25) is 0 Å². The molecule has 2 aromatic heterocycles. The van der Waals surface area contributed by atoms with E-state index in [1.807, 2.05) is 12.1 Å². The van der Waals surface area contributed by atoms with E-state index in [-0.39, 0.29) is 5.56 Å². The van der Waals surface area contributed by atoms with Gasteiger partial charge in [0.15, 0.2) is 11.5 Å². The Morgan fingerprint density at radius 2 is 1.89 bits per heavy atom. The summed E-state index contributed by atoms with van der Waals surface area (Å²) < 4.78 is 1.45. The van der Waals surface area contributed by atoms with Crippen LogP contribution in [0.1, 0.15) is 10.4 Å². The van der Waals surface area contributed by atoms with E-state index < -0.39 is 5.97 Å². The predicted molar refractivity (Wildman–Crippen MR) is 69.8 cm³/mol. The number of pyridine rings is 1. The van der Waals surface area contributed by atoms with Gasteiger partial charge in [0.2, 0.25) is 0 Å². The first kappa shape index (κ1) is 11.2. The maximum absolute atomic E-state index is 10.9. The number of fused-ring (bicyclic) bond motifs is 1. The van der Waals surface area contributed by atoms with Gasteiger partial charge in [0, 0.05) is 17.4 Å². The Morgan fingerprint density at radius 1 is 1.16 bits per heavy atom. The first-order valence-corrected chi connectivity index (χ1v) is 5.59. The fraction of sp³-hybridized carbons (Fsp3) is 0. The molecule has 2 heterocycles. The number of carboxylic acid groups (broad SMARTS) is 1. The van der Waals surface area contributed by atoms with Crippen LogP contribution < -0.4 is 5.73 Å². The summed E-state index contributed by atoms with van der Waals surface area (Å²) in [6.45, 7) is 0. The Labute approximate surface area is 108 Å². The van der Waals surface area contributed by atoms with Crippen molar-refractivity contribution < 1.29 is 9.90 Å². The van der Waals surface area contributed by atoms with Gasteiger partial charge in [-0.25, -0.2) is 14.3 Å².